The molecule has 0 bridgehead atoms. The van der Waals surface area contributed by atoms with E-state index >= 15 is 0 Å². The highest BCUT2D eigenvalue weighted by Crippen LogP contribution is 2.30. The van der Waals surface area contributed by atoms with Gasteiger partial charge in [-0.3, -0.25) is 9.80 Å². The summed E-state index contributed by atoms with van der Waals surface area (Å²) in [4.78, 5) is 11.1. The first-order chi connectivity index (χ1) is 8.38. The Balaban J connectivity index is 2.27. The number of amidine groups is 1. The first-order valence-corrected chi connectivity index (χ1v) is 6.55. The minimum Gasteiger partial charge on any atom is -0.312 e. The lowest BCUT2D eigenvalue weighted by molar-refractivity contribution is -0.117. The van der Waals surface area contributed by atoms with Crippen molar-refractivity contribution >= 4 is 40.0 Å². The van der Waals surface area contributed by atoms with Crippen molar-refractivity contribution in [3.8, 4) is 0 Å². The fraction of sp³-hybridized carbons (Fsp3) is 0.333. The summed E-state index contributed by atoms with van der Waals surface area (Å²) in [5.41, 5.74) is 0.679. The number of halogens is 2. The lowest BCUT2D eigenvalue weighted by Gasteiger charge is -2.19. The molecule has 1 unspecified atom stereocenters. The van der Waals surface area contributed by atoms with E-state index in [1.165, 1.54) is 19.1 Å². The summed E-state index contributed by atoms with van der Waals surface area (Å²) in [6.07, 6.45) is 0. The van der Waals surface area contributed by atoms with Gasteiger partial charge >= 0.3 is 0 Å². The molecule has 0 saturated carbocycles. The zero-order valence-corrected chi connectivity index (χ0v) is 12.2. The van der Waals surface area contributed by atoms with Gasteiger partial charge < -0.3 is 5.32 Å². The Kier molecular flexibility index (Phi) is 3.56. The molecular weight excluding hydrogens is 348 g/mol. The van der Waals surface area contributed by atoms with Crippen molar-refractivity contribution < 1.29 is 9.18 Å². The number of rotatable bonds is 1. The van der Waals surface area contributed by atoms with Gasteiger partial charge in [0.1, 0.15) is 11.7 Å². The van der Waals surface area contributed by atoms with Gasteiger partial charge in [0.25, 0.3) is 0 Å². The minimum absolute atomic E-state index is 0.155. The molecule has 1 N–H and O–H groups in total. The number of hydrogen-bond acceptors (Lipinski definition) is 3. The van der Waals surface area contributed by atoms with Gasteiger partial charge in [0, 0.05) is 6.92 Å². The zero-order chi connectivity index (χ0) is 13.3. The van der Waals surface area contributed by atoms with Crippen molar-refractivity contribution in [2.75, 3.05) is 11.6 Å². The Hall–Kier alpha value is -1.18. The van der Waals surface area contributed by atoms with Crippen LogP contribution < -0.4 is 10.3 Å². The largest absolute Gasteiger partial charge is 0.312 e. The van der Waals surface area contributed by atoms with Gasteiger partial charge in [-0.1, -0.05) is 28.7 Å². The summed E-state index contributed by atoms with van der Waals surface area (Å²) in [5.74, 6) is 0.142. The van der Waals surface area contributed by atoms with Crippen molar-refractivity contribution in [3.05, 3.63) is 30.1 Å². The Labute approximate surface area is 118 Å². The number of carbonyl (C=O) groups excluding carboxylic acids is 1. The number of hydrazone groups is 1. The average Bonchev–Trinajstić information content (AvgIpc) is 2.54. The Morgan fingerprint density at radius 1 is 1.61 bits per heavy atom. The number of benzene rings is 1. The first kappa shape index (κ1) is 13.3. The van der Waals surface area contributed by atoms with Crippen LogP contribution in [-0.4, -0.2) is 21.7 Å². The highest BCUT2D eigenvalue weighted by atomic mass is 127. The Morgan fingerprint density at radius 3 is 2.94 bits per heavy atom. The molecule has 18 heavy (non-hydrogen) atoms. The molecule has 0 aliphatic carbocycles. The summed E-state index contributed by atoms with van der Waals surface area (Å²) in [5, 5.41) is 8.75. The molecule has 0 saturated heterocycles. The predicted molar refractivity (Wildman–Crippen MR) is 77.4 cm³/mol. The SMILES string of the molecule is CC(=O)NC1=NN(c2cccc(F)c2)CC1(C)I. The van der Waals surface area contributed by atoms with Gasteiger partial charge in [0.15, 0.2) is 0 Å². The molecule has 1 atom stereocenters. The van der Waals surface area contributed by atoms with E-state index in [0.29, 0.717) is 18.1 Å². The average molecular weight is 361 g/mol. The van der Waals surface area contributed by atoms with Crippen molar-refractivity contribution in [3.63, 3.8) is 0 Å². The van der Waals surface area contributed by atoms with Gasteiger partial charge in [-0.05, 0) is 25.1 Å². The van der Waals surface area contributed by atoms with Crippen LogP contribution in [0.4, 0.5) is 10.1 Å². The molecule has 2 rings (SSSR count). The van der Waals surface area contributed by atoms with E-state index in [0.717, 1.165) is 0 Å². The highest BCUT2D eigenvalue weighted by molar-refractivity contribution is 14.1. The van der Waals surface area contributed by atoms with Gasteiger partial charge in [0.05, 0.1) is 15.7 Å². The number of hydrogen-bond donors (Lipinski definition) is 1. The normalized spacial score (nSPS) is 22.9. The first-order valence-electron chi connectivity index (χ1n) is 5.47. The van der Waals surface area contributed by atoms with E-state index in [4.69, 9.17) is 0 Å². The van der Waals surface area contributed by atoms with E-state index in [-0.39, 0.29) is 15.1 Å². The van der Waals surface area contributed by atoms with E-state index in [1.807, 2.05) is 6.92 Å². The number of carbonyl (C=O) groups is 1. The van der Waals surface area contributed by atoms with Crippen LogP contribution in [0, 0.1) is 5.82 Å². The standard InChI is InChI=1S/C12H13FIN3O/c1-8(18)15-11-12(2,14)7-17(16-11)10-5-3-4-9(13)6-10/h3-6H,7H2,1-2H3,(H,15,16,18). The summed E-state index contributed by atoms with van der Waals surface area (Å²) in [6.45, 7) is 4.01. The predicted octanol–water partition coefficient (Wildman–Crippen LogP) is 2.29. The number of nitrogens with zero attached hydrogens (tertiary/aromatic N) is 2. The fourth-order valence-corrected chi connectivity index (χ4v) is 2.29. The molecular formula is C12H13FIN3O. The fourth-order valence-electron chi connectivity index (χ4n) is 1.72. The third-order valence-corrected chi connectivity index (χ3v) is 3.41. The molecule has 0 aromatic heterocycles. The summed E-state index contributed by atoms with van der Waals surface area (Å²) in [6, 6.07) is 6.24. The molecule has 1 aromatic rings. The van der Waals surface area contributed by atoms with Crippen LogP contribution in [0.3, 0.4) is 0 Å². The zero-order valence-electron chi connectivity index (χ0n) is 10.1. The molecule has 1 amide bonds. The maximum Gasteiger partial charge on any atom is 0.222 e. The lowest BCUT2D eigenvalue weighted by Crippen LogP contribution is -2.41. The maximum absolute atomic E-state index is 13.2. The molecule has 96 valence electrons. The number of anilines is 1. The summed E-state index contributed by atoms with van der Waals surface area (Å²) < 4.78 is 12.9. The quantitative estimate of drug-likeness (QED) is 0.616. The second kappa shape index (κ2) is 4.83. The van der Waals surface area contributed by atoms with Gasteiger partial charge in [-0.2, -0.15) is 5.10 Å². The highest BCUT2D eigenvalue weighted by Gasteiger charge is 2.37. The van der Waals surface area contributed by atoms with Crippen LogP contribution in [0.1, 0.15) is 13.8 Å². The monoisotopic (exact) mass is 361 g/mol. The third kappa shape index (κ3) is 2.80. The van der Waals surface area contributed by atoms with Crippen LogP contribution in [0.5, 0.6) is 0 Å². The molecule has 0 fully saturated rings. The molecule has 1 heterocycles. The molecule has 4 nitrogen and oxygen atoms in total. The van der Waals surface area contributed by atoms with Crippen molar-refractivity contribution in [2.45, 2.75) is 17.3 Å². The van der Waals surface area contributed by atoms with Gasteiger partial charge in [0.2, 0.25) is 5.91 Å². The van der Waals surface area contributed by atoms with E-state index < -0.39 is 0 Å². The van der Waals surface area contributed by atoms with E-state index in [1.54, 1.807) is 17.1 Å². The van der Waals surface area contributed by atoms with Crippen LogP contribution in [0.15, 0.2) is 29.4 Å². The van der Waals surface area contributed by atoms with Crippen molar-refractivity contribution in [1.29, 1.82) is 0 Å². The minimum atomic E-state index is -0.300. The van der Waals surface area contributed by atoms with Crippen LogP contribution in [0.2, 0.25) is 0 Å². The molecule has 0 spiro atoms. The third-order valence-electron chi connectivity index (χ3n) is 2.56. The number of amides is 1. The summed E-state index contributed by atoms with van der Waals surface area (Å²) >= 11 is 2.23. The van der Waals surface area contributed by atoms with Crippen LogP contribution >= 0.6 is 22.6 Å². The molecule has 1 aromatic carbocycles. The molecule has 6 heteroatoms. The summed E-state index contributed by atoms with van der Waals surface area (Å²) in [7, 11) is 0. The number of nitrogens with one attached hydrogen (secondary N) is 1. The smallest absolute Gasteiger partial charge is 0.222 e. The maximum atomic E-state index is 13.2. The van der Waals surface area contributed by atoms with E-state index in [9.17, 15) is 9.18 Å². The van der Waals surface area contributed by atoms with Gasteiger partial charge in [-0.15, -0.1) is 0 Å². The Morgan fingerprint density at radius 2 is 2.33 bits per heavy atom. The van der Waals surface area contributed by atoms with E-state index in [2.05, 4.69) is 33.0 Å². The lowest BCUT2D eigenvalue weighted by atomic mass is 10.1. The van der Waals surface area contributed by atoms with Gasteiger partial charge in [-0.25, -0.2) is 4.39 Å². The molecule has 1 aliphatic rings. The topological polar surface area (TPSA) is 44.7 Å². The molecule has 1 aliphatic heterocycles. The van der Waals surface area contributed by atoms with Crippen molar-refractivity contribution in [2.24, 2.45) is 5.10 Å². The number of alkyl halides is 1. The second-order valence-corrected chi connectivity index (χ2v) is 6.75. The second-order valence-electron chi connectivity index (χ2n) is 4.36. The Bertz CT molecular complexity index is 516. The van der Waals surface area contributed by atoms with Crippen molar-refractivity contribution in [1.82, 2.24) is 5.32 Å². The molecule has 0 radical (unpaired) electrons. The van der Waals surface area contributed by atoms with Crippen LogP contribution in [-0.2, 0) is 4.79 Å². The van der Waals surface area contributed by atoms with Crippen LogP contribution in [0.25, 0.3) is 0 Å².